The van der Waals surface area contributed by atoms with Gasteiger partial charge in [0.15, 0.2) is 0 Å². The first-order valence-electron chi connectivity index (χ1n) is 6.03. The molecule has 0 radical (unpaired) electrons. The summed E-state index contributed by atoms with van der Waals surface area (Å²) in [5.74, 6) is 0.132. The van der Waals surface area contributed by atoms with E-state index in [2.05, 4.69) is 27.0 Å². The Morgan fingerprint density at radius 3 is 3.12 bits per heavy atom. The van der Waals surface area contributed by atoms with Gasteiger partial charge in [0.1, 0.15) is 0 Å². The van der Waals surface area contributed by atoms with Crippen LogP contribution in [0.15, 0.2) is 16.8 Å². The topological polar surface area (TPSA) is 58.4 Å². The van der Waals surface area contributed by atoms with Gasteiger partial charge in [-0.3, -0.25) is 9.69 Å². The first-order valence-corrected chi connectivity index (χ1v) is 6.97. The number of amides is 1. The summed E-state index contributed by atoms with van der Waals surface area (Å²) in [6.45, 7) is 4.20. The lowest BCUT2D eigenvalue weighted by Gasteiger charge is -2.39. The second-order valence-electron chi connectivity index (χ2n) is 4.26. The van der Waals surface area contributed by atoms with Gasteiger partial charge >= 0.3 is 0 Å². The predicted molar refractivity (Wildman–Crippen MR) is 69.9 cm³/mol. The highest BCUT2D eigenvalue weighted by Gasteiger charge is 2.33. The van der Waals surface area contributed by atoms with E-state index in [9.17, 15) is 4.79 Å². The molecule has 94 valence electrons. The molecule has 1 aliphatic rings. The summed E-state index contributed by atoms with van der Waals surface area (Å²) in [6.07, 6.45) is 0.826. The zero-order valence-corrected chi connectivity index (χ0v) is 10.9. The molecule has 1 amide bonds. The minimum atomic E-state index is -0.0443. The first kappa shape index (κ1) is 12.5. The number of nitrogens with two attached hydrogens (primary N) is 1. The normalized spacial score (nSPS) is 23.4. The zero-order valence-electron chi connectivity index (χ0n) is 10.1. The molecule has 4 nitrogen and oxygen atoms in total. The van der Waals surface area contributed by atoms with Crippen LogP contribution in [0, 0.1) is 0 Å². The Kier molecular flexibility index (Phi) is 4.15. The van der Waals surface area contributed by atoms with E-state index in [1.54, 1.807) is 11.3 Å². The summed E-state index contributed by atoms with van der Waals surface area (Å²) in [7, 11) is 0. The molecular weight excluding hydrogens is 234 g/mol. The molecule has 2 atom stereocenters. The van der Waals surface area contributed by atoms with Gasteiger partial charge in [-0.2, -0.15) is 11.3 Å². The van der Waals surface area contributed by atoms with Gasteiger partial charge in [-0.1, -0.05) is 6.92 Å². The number of hydrogen-bond acceptors (Lipinski definition) is 4. The number of nitrogens with zero attached hydrogens (tertiary/aromatic N) is 1. The van der Waals surface area contributed by atoms with Crippen molar-refractivity contribution < 1.29 is 4.79 Å². The minimum absolute atomic E-state index is 0.0443. The van der Waals surface area contributed by atoms with Crippen molar-refractivity contribution >= 4 is 17.2 Å². The zero-order chi connectivity index (χ0) is 12.3. The Morgan fingerprint density at radius 1 is 1.71 bits per heavy atom. The van der Waals surface area contributed by atoms with Crippen LogP contribution in [0.4, 0.5) is 0 Å². The maximum atomic E-state index is 11.8. The fourth-order valence-electron chi connectivity index (χ4n) is 2.45. The average Bonchev–Trinajstić information content (AvgIpc) is 2.84. The lowest BCUT2D eigenvalue weighted by Crippen LogP contribution is -2.56. The summed E-state index contributed by atoms with van der Waals surface area (Å²) in [6, 6.07) is 2.22. The molecule has 0 bridgehead atoms. The van der Waals surface area contributed by atoms with Crippen molar-refractivity contribution in [3.8, 4) is 0 Å². The quantitative estimate of drug-likeness (QED) is 0.840. The third-order valence-corrected chi connectivity index (χ3v) is 4.01. The molecular formula is C12H19N3OS. The van der Waals surface area contributed by atoms with Crippen LogP contribution >= 0.6 is 11.3 Å². The van der Waals surface area contributed by atoms with Crippen molar-refractivity contribution in [3.63, 3.8) is 0 Å². The van der Waals surface area contributed by atoms with E-state index in [0.717, 1.165) is 19.5 Å². The van der Waals surface area contributed by atoms with Crippen molar-refractivity contribution in [1.82, 2.24) is 10.2 Å². The molecule has 0 saturated carbocycles. The van der Waals surface area contributed by atoms with Crippen LogP contribution in [-0.4, -0.2) is 36.5 Å². The molecule has 1 aromatic rings. The Bertz CT molecular complexity index is 366. The molecule has 5 heteroatoms. The summed E-state index contributed by atoms with van der Waals surface area (Å²) < 4.78 is 0. The number of rotatable bonds is 4. The first-order chi connectivity index (χ1) is 8.27. The third kappa shape index (κ3) is 2.51. The number of carbonyl (C=O) groups is 1. The van der Waals surface area contributed by atoms with Crippen LogP contribution in [-0.2, 0) is 4.79 Å². The lowest BCUT2D eigenvalue weighted by atomic mass is 10.0. The van der Waals surface area contributed by atoms with Gasteiger partial charge in [0.05, 0.1) is 6.04 Å². The lowest BCUT2D eigenvalue weighted by molar-refractivity contribution is -0.130. The Hall–Kier alpha value is -0.910. The van der Waals surface area contributed by atoms with Gasteiger partial charge in [-0.15, -0.1) is 0 Å². The monoisotopic (exact) mass is 253 g/mol. The molecule has 1 aromatic heterocycles. The summed E-state index contributed by atoms with van der Waals surface area (Å²) >= 11 is 1.67. The molecule has 2 rings (SSSR count). The van der Waals surface area contributed by atoms with Gasteiger partial charge in [-0.25, -0.2) is 0 Å². The number of carbonyl (C=O) groups excluding carboxylic acids is 1. The molecule has 2 heterocycles. The minimum Gasteiger partial charge on any atom is -0.353 e. The van der Waals surface area contributed by atoms with E-state index in [0.29, 0.717) is 6.54 Å². The summed E-state index contributed by atoms with van der Waals surface area (Å²) in [4.78, 5) is 14.1. The fraction of sp³-hybridized carbons (Fsp3) is 0.583. The van der Waals surface area contributed by atoms with Crippen LogP contribution in [0.25, 0.3) is 0 Å². The molecule has 0 aromatic carbocycles. The van der Waals surface area contributed by atoms with Crippen LogP contribution in [0.3, 0.4) is 0 Å². The van der Waals surface area contributed by atoms with Crippen LogP contribution < -0.4 is 11.1 Å². The molecule has 2 unspecified atom stereocenters. The summed E-state index contributed by atoms with van der Waals surface area (Å²) in [5.41, 5.74) is 7.12. The van der Waals surface area contributed by atoms with Crippen LogP contribution in [0.5, 0.6) is 0 Å². The average molecular weight is 253 g/mol. The van der Waals surface area contributed by atoms with Crippen molar-refractivity contribution in [2.45, 2.75) is 25.4 Å². The highest BCUT2D eigenvalue weighted by Crippen LogP contribution is 2.26. The Morgan fingerprint density at radius 2 is 2.53 bits per heavy atom. The van der Waals surface area contributed by atoms with Crippen LogP contribution in [0.1, 0.15) is 24.9 Å². The maximum Gasteiger partial charge on any atom is 0.237 e. The molecule has 1 fully saturated rings. The van der Waals surface area contributed by atoms with E-state index in [-0.39, 0.29) is 18.0 Å². The molecule has 17 heavy (non-hydrogen) atoms. The molecule has 0 spiro atoms. The number of thiophene rings is 1. The second kappa shape index (κ2) is 5.62. The second-order valence-corrected chi connectivity index (χ2v) is 5.04. The van der Waals surface area contributed by atoms with E-state index in [4.69, 9.17) is 5.73 Å². The number of nitrogens with one attached hydrogen (secondary N) is 1. The van der Waals surface area contributed by atoms with E-state index < -0.39 is 0 Å². The molecule has 1 aliphatic heterocycles. The fourth-order valence-corrected chi connectivity index (χ4v) is 3.16. The van der Waals surface area contributed by atoms with Gasteiger partial charge in [0.2, 0.25) is 5.91 Å². The smallest absolute Gasteiger partial charge is 0.237 e. The van der Waals surface area contributed by atoms with Gasteiger partial charge in [0, 0.05) is 25.7 Å². The van der Waals surface area contributed by atoms with Gasteiger partial charge in [-0.05, 0) is 28.8 Å². The highest BCUT2D eigenvalue weighted by atomic mass is 32.1. The third-order valence-electron chi connectivity index (χ3n) is 3.31. The maximum absolute atomic E-state index is 11.8. The molecule has 1 saturated heterocycles. The van der Waals surface area contributed by atoms with E-state index in [1.807, 2.05) is 6.92 Å². The summed E-state index contributed by atoms with van der Waals surface area (Å²) in [5, 5.41) is 7.10. The largest absolute Gasteiger partial charge is 0.353 e. The van der Waals surface area contributed by atoms with Crippen molar-refractivity contribution in [2.75, 3.05) is 19.6 Å². The molecule has 0 aliphatic carbocycles. The van der Waals surface area contributed by atoms with E-state index >= 15 is 0 Å². The SMILES string of the molecule is CCC1C(=O)NCCN1C(CN)c1ccsc1. The Labute approximate surface area is 106 Å². The van der Waals surface area contributed by atoms with Crippen molar-refractivity contribution in [3.05, 3.63) is 22.4 Å². The van der Waals surface area contributed by atoms with Crippen molar-refractivity contribution in [2.24, 2.45) is 5.73 Å². The number of hydrogen-bond donors (Lipinski definition) is 2. The van der Waals surface area contributed by atoms with Crippen molar-refractivity contribution in [1.29, 1.82) is 0 Å². The predicted octanol–water partition coefficient (Wildman–Crippen LogP) is 0.958. The van der Waals surface area contributed by atoms with Crippen LogP contribution in [0.2, 0.25) is 0 Å². The highest BCUT2D eigenvalue weighted by molar-refractivity contribution is 7.07. The standard InChI is InChI=1S/C12H19N3OS/c1-2-10-12(16)14-4-5-15(10)11(7-13)9-3-6-17-8-9/h3,6,8,10-11H,2,4-5,7,13H2,1H3,(H,14,16). The van der Waals surface area contributed by atoms with Gasteiger partial charge in [0.25, 0.3) is 0 Å². The molecule has 3 N–H and O–H groups in total. The number of piperazine rings is 1. The Balaban J connectivity index is 2.20. The van der Waals surface area contributed by atoms with Gasteiger partial charge < -0.3 is 11.1 Å². The van der Waals surface area contributed by atoms with E-state index in [1.165, 1.54) is 5.56 Å².